The number of nitrogens with two attached hydrogens (primary N) is 1. The van der Waals surface area contributed by atoms with Crippen LogP contribution in [0.15, 0.2) is 23.3 Å². The minimum absolute atomic E-state index is 0.217. The monoisotopic (exact) mass is 345 g/mol. The van der Waals surface area contributed by atoms with Gasteiger partial charge in [-0.2, -0.15) is 0 Å². The summed E-state index contributed by atoms with van der Waals surface area (Å²) in [6, 6.07) is 3.82. The molecule has 0 bridgehead atoms. The third-order valence-corrected chi connectivity index (χ3v) is 4.69. The summed E-state index contributed by atoms with van der Waals surface area (Å²) in [5, 5.41) is 0. The quantitative estimate of drug-likeness (QED) is 0.507. The number of rotatable bonds is 4. The molecule has 0 aliphatic carbocycles. The Morgan fingerprint density at radius 1 is 1.28 bits per heavy atom. The first-order chi connectivity index (χ1) is 12.2. The van der Waals surface area contributed by atoms with Gasteiger partial charge >= 0.3 is 5.97 Å². The van der Waals surface area contributed by atoms with Crippen molar-refractivity contribution in [1.82, 2.24) is 9.88 Å². The van der Waals surface area contributed by atoms with E-state index in [1.54, 1.807) is 19.2 Å². The fourth-order valence-corrected chi connectivity index (χ4v) is 3.20. The lowest BCUT2D eigenvalue weighted by molar-refractivity contribution is 0.0526. The molecule has 0 atom stereocenters. The second kappa shape index (κ2) is 8.18. The predicted molar refractivity (Wildman–Crippen MR) is 97.9 cm³/mol. The number of esters is 1. The molecule has 3 rings (SSSR count). The van der Waals surface area contributed by atoms with E-state index < -0.39 is 0 Å². The molecule has 2 saturated heterocycles. The number of anilines is 1. The van der Waals surface area contributed by atoms with Gasteiger partial charge in [0.05, 0.1) is 18.2 Å². The van der Waals surface area contributed by atoms with Gasteiger partial charge in [-0.1, -0.05) is 12.8 Å². The maximum atomic E-state index is 11.6. The fraction of sp³-hybridized carbons (Fsp3) is 0.611. The molecule has 1 aromatic heterocycles. The summed E-state index contributed by atoms with van der Waals surface area (Å²) in [4.78, 5) is 25.0. The van der Waals surface area contributed by atoms with E-state index in [0.717, 1.165) is 32.0 Å². The molecular formula is C18H27N5O2. The molecule has 25 heavy (non-hydrogen) atoms. The normalized spacial score (nSPS) is 19.3. The topological polar surface area (TPSA) is 84.0 Å². The summed E-state index contributed by atoms with van der Waals surface area (Å²) in [6.45, 7) is 5.80. The van der Waals surface area contributed by atoms with Crippen molar-refractivity contribution in [2.75, 3.05) is 37.7 Å². The first kappa shape index (κ1) is 17.5. The molecular weight excluding hydrogens is 318 g/mol. The molecule has 2 N–H and O–H groups in total. The third-order valence-electron chi connectivity index (χ3n) is 4.69. The minimum atomic E-state index is -0.335. The highest BCUT2D eigenvalue weighted by Crippen LogP contribution is 2.21. The zero-order valence-electron chi connectivity index (χ0n) is 14.9. The Kier molecular flexibility index (Phi) is 5.73. The van der Waals surface area contributed by atoms with Gasteiger partial charge in [0, 0.05) is 32.4 Å². The molecule has 1 aromatic rings. The molecule has 3 heterocycles. The van der Waals surface area contributed by atoms with Gasteiger partial charge in [0.25, 0.3) is 0 Å². The maximum absolute atomic E-state index is 11.6. The molecule has 2 aliphatic heterocycles. The van der Waals surface area contributed by atoms with Gasteiger partial charge in [-0.15, -0.1) is 0 Å². The number of likely N-dealkylation sites (tertiary alicyclic amines) is 1. The zero-order chi connectivity index (χ0) is 17.6. The minimum Gasteiger partial charge on any atom is -0.462 e. The summed E-state index contributed by atoms with van der Waals surface area (Å²) in [5.41, 5.74) is 6.66. The Labute approximate surface area is 148 Å². The van der Waals surface area contributed by atoms with Crippen LogP contribution in [0.3, 0.4) is 0 Å². The van der Waals surface area contributed by atoms with Crippen molar-refractivity contribution in [2.24, 2.45) is 10.7 Å². The number of aliphatic imine (C=N–C) groups is 1. The number of guanidine groups is 1. The lowest BCUT2D eigenvalue weighted by atomic mass is 10.1. The molecule has 0 unspecified atom stereocenters. The van der Waals surface area contributed by atoms with Crippen molar-refractivity contribution in [3.8, 4) is 0 Å². The zero-order valence-corrected chi connectivity index (χ0v) is 14.9. The summed E-state index contributed by atoms with van der Waals surface area (Å²) >= 11 is 0. The van der Waals surface area contributed by atoms with Crippen LogP contribution in [-0.2, 0) is 4.74 Å². The predicted octanol–water partition coefficient (Wildman–Crippen LogP) is 1.64. The van der Waals surface area contributed by atoms with E-state index in [9.17, 15) is 4.79 Å². The van der Waals surface area contributed by atoms with Crippen LogP contribution in [0.5, 0.6) is 0 Å². The van der Waals surface area contributed by atoms with Crippen LogP contribution in [0.1, 0.15) is 43.0 Å². The van der Waals surface area contributed by atoms with Crippen LogP contribution in [0, 0.1) is 0 Å². The van der Waals surface area contributed by atoms with Gasteiger partial charge in [-0.05, 0) is 31.9 Å². The van der Waals surface area contributed by atoms with E-state index in [-0.39, 0.29) is 12.0 Å². The molecule has 136 valence electrons. The highest BCUT2D eigenvalue weighted by atomic mass is 16.5. The number of pyridine rings is 1. The van der Waals surface area contributed by atoms with Crippen LogP contribution in [0.4, 0.5) is 5.82 Å². The van der Waals surface area contributed by atoms with Crippen molar-refractivity contribution in [3.05, 3.63) is 23.9 Å². The number of hydrogen-bond donors (Lipinski definition) is 1. The Bertz CT molecular complexity index is 602. The standard InChI is InChI=1S/C18H27N5O2/c1-2-25-17(24)14-7-8-16(20-11-14)23-12-15(13-23)21-18(19)22-9-5-3-4-6-10-22/h7-8,11,15H,2-6,9-10,12-13H2,1H3,(H2,19,21). The van der Waals surface area contributed by atoms with Crippen LogP contribution < -0.4 is 10.6 Å². The van der Waals surface area contributed by atoms with Crippen molar-refractivity contribution in [1.29, 1.82) is 0 Å². The van der Waals surface area contributed by atoms with Crippen molar-refractivity contribution >= 4 is 17.7 Å². The Balaban J connectivity index is 1.51. The molecule has 0 aromatic carbocycles. The van der Waals surface area contributed by atoms with E-state index in [1.165, 1.54) is 25.7 Å². The second-order valence-electron chi connectivity index (χ2n) is 6.57. The van der Waals surface area contributed by atoms with E-state index in [0.29, 0.717) is 18.1 Å². The highest BCUT2D eigenvalue weighted by Gasteiger charge is 2.28. The first-order valence-corrected chi connectivity index (χ1v) is 9.13. The third kappa shape index (κ3) is 4.41. The van der Waals surface area contributed by atoms with Gasteiger partial charge in [-0.3, -0.25) is 0 Å². The van der Waals surface area contributed by atoms with E-state index in [4.69, 9.17) is 10.5 Å². The summed E-state index contributed by atoms with van der Waals surface area (Å²) < 4.78 is 4.97. The molecule has 2 fully saturated rings. The molecule has 0 spiro atoms. The average molecular weight is 345 g/mol. The molecule has 2 aliphatic rings. The molecule has 0 saturated carbocycles. The van der Waals surface area contributed by atoms with Gasteiger partial charge in [0.1, 0.15) is 5.82 Å². The number of aromatic nitrogens is 1. The summed E-state index contributed by atoms with van der Waals surface area (Å²) in [5.74, 6) is 1.20. The van der Waals surface area contributed by atoms with Gasteiger partial charge in [0.15, 0.2) is 5.96 Å². The summed E-state index contributed by atoms with van der Waals surface area (Å²) in [7, 11) is 0. The number of ether oxygens (including phenoxy) is 1. The SMILES string of the molecule is CCOC(=O)c1ccc(N2CC(N=C(N)N3CCCCCC3)C2)nc1. The number of carbonyl (C=O) groups excluding carboxylic acids is 1. The number of carbonyl (C=O) groups is 1. The lowest BCUT2D eigenvalue weighted by Crippen LogP contribution is -2.52. The maximum Gasteiger partial charge on any atom is 0.339 e. The largest absolute Gasteiger partial charge is 0.462 e. The second-order valence-corrected chi connectivity index (χ2v) is 6.57. The summed E-state index contributed by atoms with van der Waals surface area (Å²) in [6.07, 6.45) is 6.53. The van der Waals surface area contributed by atoms with E-state index >= 15 is 0 Å². The molecule has 7 nitrogen and oxygen atoms in total. The number of nitrogens with zero attached hydrogens (tertiary/aromatic N) is 4. The Hall–Kier alpha value is -2.31. The fourth-order valence-electron chi connectivity index (χ4n) is 3.20. The Morgan fingerprint density at radius 3 is 2.60 bits per heavy atom. The van der Waals surface area contributed by atoms with E-state index in [1.807, 2.05) is 6.07 Å². The van der Waals surface area contributed by atoms with Gasteiger partial charge in [-0.25, -0.2) is 14.8 Å². The van der Waals surface area contributed by atoms with Gasteiger partial charge in [0.2, 0.25) is 0 Å². The van der Waals surface area contributed by atoms with Crippen molar-refractivity contribution in [2.45, 2.75) is 38.6 Å². The van der Waals surface area contributed by atoms with E-state index in [2.05, 4.69) is 19.8 Å². The molecule has 0 amide bonds. The van der Waals surface area contributed by atoms with Crippen LogP contribution in [0.2, 0.25) is 0 Å². The number of hydrogen-bond acceptors (Lipinski definition) is 5. The smallest absolute Gasteiger partial charge is 0.339 e. The van der Waals surface area contributed by atoms with Crippen LogP contribution in [0.25, 0.3) is 0 Å². The van der Waals surface area contributed by atoms with Gasteiger partial charge < -0.3 is 20.3 Å². The average Bonchev–Trinajstić information content (AvgIpc) is 2.87. The first-order valence-electron chi connectivity index (χ1n) is 9.13. The Morgan fingerprint density at radius 2 is 2.00 bits per heavy atom. The lowest BCUT2D eigenvalue weighted by Gasteiger charge is -2.38. The molecule has 0 radical (unpaired) electrons. The molecule has 7 heteroatoms. The highest BCUT2D eigenvalue weighted by molar-refractivity contribution is 5.89. The van der Waals surface area contributed by atoms with Crippen molar-refractivity contribution in [3.63, 3.8) is 0 Å². The van der Waals surface area contributed by atoms with Crippen LogP contribution >= 0.6 is 0 Å². The van der Waals surface area contributed by atoms with Crippen LogP contribution in [-0.4, -0.2) is 60.6 Å². The van der Waals surface area contributed by atoms with Crippen molar-refractivity contribution < 1.29 is 9.53 Å².